The summed E-state index contributed by atoms with van der Waals surface area (Å²) in [7, 11) is 1.79. The Hall–Kier alpha value is -1.63. The van der Waals surface area contributed by atoms with E-state index in [0.717, 1.165) is 32.7 Å². The quantitative estimate of drug-likeness (QED) is 0.610. The average molecular weight is 295 g/mol. The van der Waals surface area contributed by atoms with Gasteiger partial charge in [-0.15, -0.1) is 0 Å². The second-order valence-corrected chi connectivity index (χ2v) is 6.03. The van der Waals surface area contributed by atoms with Crippen LogP contribution in [-0.4, -0.2) is 52.3 Å². The van der Waals surface area contributed by atoms with Gasteiger partial charge in [-0.25, -0.2) is 4.68 Å². The Morgan fingerprint density at radius 1 is 1.29 bits per heavy atom. The molecule has 2 heterocycles. The van der Waals surface area contributed by atoms with Gasteiger partial charge in [0.25, 0.3) is 0 Å². The van der Waals surface area contributed by atoms with E-state index in [1.165, 1.54) is 0 Å². The first-order valence-corrected chi connectivity index (χ1v) is 7.61. The van der Waals surface area contributed by atoms with Gasteiger partial charge in [0.15, 0.2) is 0 Å². The fourth-order valence-corrected chi connectivity index (χ4v) is 3.00. The van der Waals surface area contributed by atoms with E-state index in [0.29, 0.717) is 23.9 Å². The SMILES string of the molecule is CCc1nn(C)c(N2CCN(CC(C)C)CC2)c1[N+](=O)[O-]. The van der Waals surface area contributed by atoms with Crippen LogP contribution in [0.2, 0.25) is 0 Å². The van der Waals surface area contributed by atoms with Crippen LogP contribution in [0.4, 0.5) is 11.5 Å². The minimum absolute atomic E-state index is 0.178. The number of aryl methyl sites for hydroxylation is 2. The highest BCUT2D eigenvalue weighted by Crippen LogP contribution is 2.32. The van der Waals surface area contributed by atoms with E-state index in [1.54, 1.807) is 11.7 Å². The summed E-state index contributed by atoms with van der Waals surface area (Å²) >= 11 is 0. The molecule has 7 nitrogen and oxygen atoms in total. The number of piperazine rings is 1. The molecule has 0 aromatic carbocycles. The number of rotatable bonds is 5. The van der Waals surface area contributed by atoms with E-state index in [2.05, 4.69) is 28.7 Å². The number of aromatic nitrogens is 2. The second-order valence-electron chi connectivity index (χ2n) is 6.03. The molecule has 1 aliphatic heterocycles. The summed E-state index contributed by atoms with van der Waals surface area (Å²) in [6, 6.07) is 0. The topological polar surface area (TPSA) is 67.4 Å². The molecule has 1 saturated heterocycles. The maximum atomic E-state index is 11.4. The fraction of sp³-hybridized carbons (Fsp3) is 0.786. The largest absolute Gasteiger partial charge is 0.349 e. The van der Waals surface area contributed by atoms with Crippen molar-refractivity contribution < 1.29 is 4.92 Å². The molecule has 0 atom stereocenters. The number of hydrogen-bond donors (Lipinski definition) is 0. The Labute approximate surface area is 125 Å². The minimum atomic E-state index is -0.290. The van der Waals surface area contributed by atoms with Crippen LogP contribution in [0.15, 0.2) is 0 Å². The third kappa shape index (κ3) is 3.34. The Balaban J connectivity index is 2.17. The van der Waals surface area contributed by atoms with Crippen molar-refractivity contribution in [2.75, 3.05) is 37.6 Å². The predicted molar refractivity (Wildman–Crippen MR) is 82.7 cm³/mol. The van der Waals surface area contributed by atoms with E-state index in [4.69, 9.17) is 0 Å². The molecular formula is C14H25N5O2. The monoisotopic (exact) mass is 295 g/mol. The molecular weight excluding hydrogens is 270 g/mol. The van der Waals surface area contributed by atoms with Crippen LogP contribution in [0, 0.1) is 16.0 Å². The standard InChI is InChI=1S/C14H25N5O2/c1-5-12-13(19(20)21)14(16(4)15-12)18-8-6-17(7-9-18)10-11(2)3/h11H,5-10H2,1-4H3. The van der Waals surface area contributed by atoms with Crippen LogP contribution < -0.4 is 4.90 Å². The number of nitro groups is 1. The fourth-order valence-electron chi connectivity index (χ4n) is 3.00. The van der Waals surface area contributed by atoms with E-state index < -0.39 is 0 Å². The zero-order valence-electron chi connectivity index (χ0n) is 13.4. The smallest absolute Gasteiger partial charge is 0.334 e. The van der Waals surface area contributed by atoms with Gasteiger partial charge in [0.05, 0.1) is 4.92 Å². The van der Waals surface area contributed by atoms with E-state index >= 15 is 0 Å². The highest BCUT2D eigenvalue weighted by Gasteiger charge is 2.31. The summed E-state index contributed by atoms with van der Waals surface area (Å²) < 4.78 is 1.66. The summed E-state index contributed by atoms with van der Waals surface area (Å²) in [6.45, 7) is 10.9. The van der Waals surface area contributed by atoms with Crippen LogP contribution in [0.5, 0.6) is 0 Å². The lowest BCUT2D eigenvalue weighted by Crippen LogP contribution is -2.48. The first kappa shape index (κ1) is 15.8. The summed E-state index contributed by atoms with van der Waals surface area (Å²) in [6.07, 6.45) is 0.581. The van der Waals surface area contributed by atoms with Gasteiger partial charge in [-0.2, -0.15) is 5.10 Å². The Morgan fingerprint density at radius 3 is 2.38 bits per heavy atom. The van der Waals surface area contributed by atoms with Gasteiger partial charge in [0.1, 0.15) is 5.69 Å². The highest BCUT2D eigenvalue weighted by molar-refractivity contribution is 5.61. The van der Waals surface area contributed by atoms with Crippen molar-refractivity contribution in [3.63, 3.8) is 0 Å². The third-order valence-electron chi connectivity index (χ3n) is 3.88. The molecule has 1 aromatic rings. The molecule has 0 unspecified atom stereocenters. The molecule has 0 spiro atoms. The van der Waals surface area contributed by atoms with E-state index in [9.17, 15) is 10.1 Å². The van der Waals surface area contributed by atoms with Crippen molar-refractivity contribution in [2.45, 2.75) is 27.2 Å². The summed E-state index contributed by atoms with van der Waals surface area (Å²) in [5.41, 5.74) is 0.749. The predicted octanol–water partition coefficient (Wildman–Crippen LogP) is 1.67. The molecule has 0 amide bonds. The van der Waals surface area contributed by atoms with Crippen LogP contribution in [-0.2, 0) is 13.5 Å². The molecule has 118 valence electrons. The van der Waals surface area contributed by atoms with Crippen LogP contribution in [0.1, 0.15) is 26.5 Å². The summed E-state index contributed by atoms with van der Waals surface area (Å²) in [5, 5.41) is 15.7. The van der Waals surface area contributed by atoms with Crippen LogP contribution >= 0.6 is 0 Å². The van der Waals surface area contributed by atoms with Crippen LogP contribution in [0.3, 0.4) is 0 Å². The number of nitrogens with zero attached hydrogens (tertiary/aromatic N) is 5. The molecule has 1 aromatic heterocycles. The lowest BCUT2D eigenvalue weighted by molar-refractivity contribution is -0.384. The summed E-state index contributed by atoms with van der Waals surface area (Å²) in [5.74, 6) is 1.30. The van der Waals surface area contributed by atoms with Crippen molar-refractivity contribution in [1.82, 2.24) is 14.7 Å². The first-order chi connectivity index (χ1) is 9.93. The third-order valence-corrected chi connectivity index (χ3v) is 3.88. The first-order valence-electron chi connectivity index (χ1n) is 7.61. The Morgan fingerprint density at radius 2 is 1.90 bits per heavy atom. The molecule has 21 heavy (non-hydrogen) atoms. The molecule has 0 bridgehead atoms. The van der Waals surface area contributed by atoms with Gasteiger partial charge >= 0.3 is 5.69 Å². The number of hydrogen-bond acceptors (Lipinski definition) is 5. The van der Waals surface area contributed by atoms with Gasteiger partial charge in [-0.3, -0.25) is 15.0 Å². The van der Waals surface area contributed by atoms with Crippen molar-refractivity contribution in [2.24, 2.45) is 13.0 Å². The maximum absolute atomic E-state index is 11.4. The van der Waals surface area contributed by atoms with Crippen LogP contribution in [0.25, 0.3) is 0 Å². The molecule has 7 heteroatoms. The Bertz CT molecular complexity index is 504. The maximum Gasteiger partial charge on any atom is 0.334 e. The van der Waals surface area contributed by atoms with Gasteiger partial charge in [0, 0.05) is 39.8 Å². The molecule has 1 aliphatic rings. The minimum Gasteiger partial charge on any atom is -0.349 e. The molecule has 0 radical (unpaired) electrons. The highest BCUT2D eigenvalue weighted by atomic mass is 16.6. The number of anilines is 1. The molecule has 0 N–H and O–H groups in total. The van der Waals surface area contributed by atoms with Gasteiger partial charge < -0.3 is 4.90 Å². The molecule has 2 rings (SSSR count). The lowest BCUT2D eigenvalue weighted by atomic mass is 10.2. The van der Waals surface area contributed by atoms with Crippen molar-refractivity contribution in [3.8, 4) is 0 Å². The normalized spacial score (nSPS) is 16.7. The second kappa shape index (κ2) is 6.43. The Kier molecular flexibility index (Phi) is 4.82. The van der Waals surface area contributed by atoms with E-state index in [-0.39, 0.29) is 10.6 Å². The average Bonchev–Trinajstić information content (AvgIpc) is 2.76. The molecule has 0 aliphatic carbocycles. The van der Waals surface area contributed by atoms with Crippen molar-refractivity contribution >= 4 is 11.5 Å². The van der Waals surface area contributed by atoms with Crippen molar-refractivity contribution in [3.05, 3.63) is 15.8 Å². The summed E-state index contributed by atoms with van der Waals surface area (Å²) in [4.78, 5) is 15.6. The van der Waals surface area contributed by atoms with Gasteiger partial charge in [-0.1, -0.05) is 20.8 Å². The molecule has 1 fully saturated rings. The zero-order chi connectivity index (χ0) is 15.6. The van der Waals surface area contributed by atoms with Gasteiger partial charge in [-0.05, 0) is 12.3 Å². The molecule has 0 saturated carbocycles. The van der Waals surface area contributed by atoms with Gasteiger partial charge in [0.2, 0.25) is 5.82 Å². The van der Waals surface area contributed by atoms with E-state index in [1.807, 2.05) is 6.92 Å². The lowest BCUT2D eigenvalue weighted by Gasteiger charge is -2.36. The zero-order valence-corrected chi connectivity index (χ0v) is 13.4. The van der Waals surface area contributed by atoms with Crippen molar-refractivity contribution in [1.29, 1.82) is 0 Å².